The summed E-state index contributed by atoms with van der Waals surface area (Å²) in [4.78, 5) is 11.7. The quantitative estimate of drug-likeness (QED) is 0.872. The normalized spacial score (nSPS) is 14.6. The molecule has 1 atom stereocenters. The molecule has 4 nitrogen and oxygen atoms in total. The van der Waals surface area contributed by atoms with Crippen LogP contribution in [0.4, 0.5) is 5.69 Å². The van der Waals surface area contributed by atoms with Gasteiger partial charge in [-0.2, -0.15) is 0 Å². The van der Waals surface area contributed by atoms with Crippen molar-refractivity contribution in [3.8, 4) is 0 Å². The molecule has 1 unspecified atom stereocenters. The van der Waals surface area contributed by atoms with Gasteiger partial charge in [-0.05, 0) is 42.5 Å². The second-order valence-corrected chi connectivity index (χ2v) is 4.39. The molecule has 0 saturated heterocycles. The first-order valence-electron chi connectivity index (χ1n) is 5.88. The Balaban J connectivity index is 0.00000162. The average Bonchev–Trinajstić information content (AvgIpc) is 2.76. The maximum absolute atomic E-state index is 11.7. The molecule has 1 amide bonds. The van der Waals surface area contributed by atoms with Gasteiger partial charge in [0.2, 0.25) is 5.91 Å². The lowest BCUT2D eigenvalue weighted by Crippen LogP contribution is -2.39. The summed E-state index contributed by atoms with van der Waals surface area (Å²) in [6.45, 7) is 0.233. The molecule has 5 heteroatoms. The van der Waals surface area contributed by atoms with Crippen LogP contribution >= 0.6 is 12.4 Å². The first-order valence-corrected chi connectivity index (χ1v) is 5.88. The molecule has 1 aromatic rings. The van der Waals surface area contributed by atoms with E-state index in [9.17, 15) is 4.79 Å². The standard InChI is InChI=1S/C13H18N2O2.ClH/c1-17-8-12(14)13(16)15-11-6-5-9-3-2-4-10(9)7-11;/h5-7,12H,2-4,8,14H2,1H3,(H,15,16);1H. The van der Waals surface area contributed by atoms with Crippen LogP contribution in [-0.4, -0.2) is 25.7 Å². The zero-order valence-corrected chi connectivity index (χ0v) is 11.3. The Kier molecular flexibility index (Phi) is 5.59. The number of methoxy groups -OCH3 is 1. The van der Waals surface area contributed by atoms with E-state index in [0.29, 0.717) is 0 Å². The lowest BCUT2D eigenvalue weighted by atomic mass is 10.1. The Morgan fingerprint density at radius 2 is 2.17 bits per heavy atom. The molecule has 100 valence electrons. The van der Waals surface area contributed by atoms with Crippen molar-refractivity contribution in [2.75, 3.05) is 19.0 Å². The van der Waals surface area contributed by atoms with Crippen molar-refractivity contribution in [1.29, 1.82) is 0 Å². The molecule has 0 aromatic heterocycles. The summed E-state index contributed by atoms with van der Waals surface area (Å²) < 4.78 is 4.85. The Morgan fingerprint density at radius 3 is 2.89 bits per heavy atom. The summed E-state index contributed by atoms with van der Waals surface area (Å²) >= 11 is 0. The number of carbonyl (C=O) groups is 1. The second kappa shape index (κ2) is 6.73. The number of nitrogens with one attached hydrogen (secondary N) is 1. The van der Waals surface area contributed by atoms with E-state index in [-0.39, 0.29) is 24.9 Å². The van der Waals surface area contributed by atoms with E-state index in [2.05, 4.69) is 11.4 Å². The van der Waals surface area contributed by atoms with E-state index in [4.69, 9.17) is 10.5 Å². The Morgan fingerprint density at radius 1 is 1.44 bits per heavy atom. The van der Waals surface area contributed by atoms with Gasteiger partial charge in [0.15, 0.2) is 0 Å². The fourth-order valence-corrected chi connectivity index (χ4v) is 2.14. The van der Waals surface area contributed by atoms with Crippen LogP contribution < -0.4 is 11.1 Å². The van der Waals surface area contributed by atoms with Crippen molar-refractivity contribution in [2.24, 2.45) is 5.73 Å². The van der Waals surface area contributed by atoms with Gasteiger partial charge in [-0.25, -0.2) is 0 Å². The average molecular weight is 271 g/mol. The first-order chi connectivity index (χ1) is 8.20. The van der Waals surface area contributed by atoms with E-state index < -0.39 is 6.04 Å². The van der Waals surface area contributed by atoms with Gasteiger partial charge in [0, 0.05) is 12.8 Å². The molecule has 0 spiro atoms. The first kappa shape index (κ1) is 15.0. The third-order valence-electron chi connectivity index (χ3n) is 3.05. The maximum atomic E-state index is 11.7. The summed E-state index contributed by atoms with van der Waals surface area (Å²) in [6.07, 6.45) is 3.45. The Hall–Kier alpha value is -1.10. The van der Waals surface area contributed by atoms with E-state index in [1.165, 1.54) is 24.7 Å². The lowest BCUT2D eigenvalue weighted by Gasteiger charge is -2.12. The summed E-state index contributed by atoms with van der Waals surface area (Å²) in [5, 5.41) is 2.81. The fourth-order valence-electron chi connectivity index (χ4n) is 2.14. The van der Waals surface area contributed by atoms with Crippen LogP contribution in [-0.2, 0) is 22.4 Å². The number of amides is 1. The van der Waals surface area contributed by atoms with Gasteiger partial charge >= 0.3 is 0 Å². The van der Waals surface area contributed by atoms with Crippen molar-refractivity contribution in [3.63, 3.8) is 0 Å². The predicted molar refractivity (Wildman–Crippen MR) is 74.2 cm³/mol. The van der Waals surface area contributed by atoms with Gasteiger partial charge in [-0.1, -0.05) is 6.07 Å². The van der Waals surface area contributed by atoms with E-state index in [0.717, 1.165) is 18.5 Å². The van der Waals surface area contributed by atoms with Crippen LogP contribution in [0.3, 0.4) is 0 Å². The van der Waals surface area contributed by atoms with Crippen LogP contribution in [0.5, 0.6) is 0 Å². The largest absolute Gasteiger partial charge is 0.383 e. The highest BCUT2D eigenvalue weighted by Crippen LogP contribution is 2.24. The molecular weight excluding hydrogens is 252 g/mol. The molecule has 0 fully saturated rings. The smallest absolute Gasteiger partial charge is 0.243 e. The third-order valence-corrected chi connectivity index (χ3v) is 3.05. The Bertz CT molecular complexity index is 423. The fraction of sp³-hybridized carbons (Fsp3) is 0.462. The van der Waals surface area contributed by atoms with Crippen LogP contribution in [0.25, 0.3) is 0 Å². The molecule has 18 heavy (non-hydrogen) atoms. The third kappa shape index (κ3) is 3.45. The molecule has 0 saturated carbocycles. The number of hydrogen-bond donors (Lipinski definition) is 2. The molecule has 1 aliphatic carbocycles. The van der Waals surface area contributed by atoms with Gasteiger partial charge in [-0.3, -0.25) is 4.79 Å². The highest BCUT2D eigenvalue weighted by atomic mass is 35.5. The summed E-state index contributed by atoms with van der Waals surface area (Å²) in [5.41, 5.74) is 9.20. The number of rotatable bonds is 4. The number of hydrogen-bond acceptors (Lipinski definition) is 3. The van der Waals surface area contributed by atoms with E-state index in [1.54, 1.807) is 0 Å². The zero-order chi connectivity index (χ0) is 12.3. The summed E-state index contributed by atoms with van der Waals surface area (Å²) in [6, 6.07) is 5.44. The predicted octanol–water partition coefficient (Wildman–Crippen LogP) is 1.51. The number of aryl methyl sites for hydroxylation is 2. The molecule has 3 N–H and O–H groups in total. The number of halogens is 1. The number of carbonyl (C=O) groups excluding carboxylic acids is 1. The molecule has 0 aliphatic heterocycles. The van der Waals surface area contributed by atoms with Crippen molar-refractivity contribution >= 4 is 24.0 Å². The molecular formula is C13H19ClN2O2. The number of fused-ring (bicyclic) bond motifs is 1. The minimum absolute atomic E-state index is 0. The number of nitrogens with two attached hydrogens (primary N) is 1. The topological polar surface area (TPSA) is 64.3 Å². The van der Waals surface area contributed by atoms with Crippen LogP contribution in [0.1, 0.15) is 17.5 Å². The number of benzene rings is 1. The highest BCUT2D eigenvalue weighted by molar-refractivity contribution is 5.94. The van der Waals surface area contributed by atoms with Crippen LogP contribution in [0, 0.1) is 0 Å². The van der Waals surface area contributed by atoms with Crippen LogP contribution in [0.15, 0.2) is 18.2 Å². The molecule has 0 bridgehead atoms. The van der Waals surface area contributed by atoms with Gasteiger partial charge < -0.3 is 15.8 Å². The second-order valence-electron chi connectivity index (χ2n) is 4.39. The van der Waals surface area contributed by atoms with Crippen molar-refractivity contribution in [1.82, 2.24) is 0 Å². The van der Waals surface area contributed by atoms with Gasteiger partial charge in [-0.15, -0.1) is 12.4 Å². The van der Waals surface area contributed by atoms with Crippen LogP contribution in [0.2, 0.25) is 0 Å². The van der Waals surface area contributed by atoms with Crippen molar-refractivity contribution in [3.05, 3.63) is 29.3 Å². The minimum Gasteiger partial charge on any atom is -0.383 e. The summed E-state index contributed by atoms with van der Waals surface area (Å²) in [7, 11) is 1.53. The van der Waals surface area contributed by atoms with E-state index >= 15 is 0 Å². The van der Waals surface area contributed by atoms with Gasteiger partial charge in [0.25, 0.3) is 0 Å². The molecule has 0 heterocycles. The number of ether oxygens (including phenoxy) is 1. The molecule has 0 radical (unpaired) electrons. The highest BCUT2D eigenvalue weighted by Gasteiger charge is 2.15. The summed E-state index contributed by atoms with van der Waals surface area (Å²) in [5.74, 6) is -0.204. The molecule has 1 aromatic carbocycles. The SMILES string of the molecule is COCC(N)C(=O)Nc1ccc2c(c1)CCC2.Cl. The maximum Gasteiger partial charge on any atom is 0.243 e. The molecule has 1 aliphatic rings. The number of anilines is 1. The Labute approximate surface area is 113 Å². The van der Waals surface area contributed by atoms with Gasteiger partial charge in [0.05, 0.1) is 6.61 Å². The van der Waals surface area contributed by atoms with Crippen molar-refractivity contribution in [2.45, 2.75) is 25.3 Å². The minimum atomic E-state index is -0.617. The van der Waals surface area contributed by atoms with E-state index in [1.807, 2.05) is 12.1 Å². The zero-order valence-electron chi connectivity index (χ0n) is 10.4. The molecule has 2 rings (SSSR count). The van der Waals surface area contributed by atoms with Gasteiger partial charge in [0.1, 0.15) is 6.04 Å². The lowest BCUT2D eigenvalue weighted by molar-refractivity contribution is -0.118. The monoisotopic (exact) mass is 270 g/mol. The van der Waals surface area contributed by atoms with Crippen molar-refractivity contribution < 1.29 is 9.53 Å².